The van der Waals surface area contributed by atoms with Crippen LogP contribution in [0.2, 0.25) is 0 Å². The molecule has 8 heteroatoms. The second-order valence-corrected chi connectivity index (χ2v) is 8.27. The van der Waals surface area contributed by atoms with Crippen LogP contribution >= 0.6 is 0 Å². The maximum atomic E-state index is 13.0. The van der Waals surface area contributed by atoms with Crippen molar-refractivity contribution >= 4 is 17.6 Å². The second-order valence-electron chi connectivity index (χ2n) is 8.27. The minimum Gasteiger partial charge on any atom is -0.497 e. The summed E-state index contributed by atoms with van der Waals surface area (Å²) in [7, 11) is 1.61. The van der Waals surface area contributed by atoms with E-state index in [9.17, 15) is 9.59 Å². The molecule has 2 heterocycles. The molecular formula is C24H30N4O4. The lowest BCUT2D eigenvalue weighted by Crippen LogP contribution is -2.55. The molecule has 1 aromatic carbocycles. The highest BCUT2D eigenvalue weighted by Gasteiger charge is 2.47. The quantitative estimate of drug-likeness (QED) is 0.585. The van der Waals surface area contributed by atoms with Gasteiger partial charge in [0.1, 0.15) is 18.2 Å². The van der Waals surface area contributed by atoms with E-state index in [1.54, 1.807) is 7.11 Å². The van der Waals surface area contributed by atoms with Crippen molar-refractivity contribution in [1.29, 1.82) is 0 Å². The van der Waals surface area contributed by atoms with Crippen molar-refractivity contribution in [1.82, 2.24) is 15.2 Å². The molecule has 1 saturated heterocycles. The van der Waals surface area contributed by atoms with Gasteiger partial charge in [0.25, 0.3) is 5.91 Å². The zero-order valence-electron chi connectivity index (χ0n) is 18.5. The van der Waals surface area contributed by atoms with E-state index in [0.29, 0.717) is 13.1 Å². The third-order valence-electron chi connectivity index (χ3n) is 5.79. The molecule has 0 radical (unpaired) electrons. The lowest BCUT2D eigenvalue weighted by atomic mass is 9.96. The molecule has 2 aliphatic rings. The number of nitrogens with one attached hydrogen (secondary N) is 2. The highest BCUT2D eigenvalue weighted by Crippen LogP contribution is 2.39. The molecule has 8 nitrogen and oxygen atoms in total. The second kappa shape index (κ2) is 9.99. The third-order valence-corrected chi connectivity index (χ3v) is 5.79. The van der Waals surface area contributed by atoms with E-state index in [1.165, 1.54) is 0 Å². The first-order valence-corrected chi connectivity index (χ1v) is 11.1. The number of anilines is 1. The predicted octanol–water partition coefficient (Wildman–Crippen LogP) is 2.45. The lowest BCUT2D eigenvalue weighted by molar-refractivity contribution is -0.165. The first-order chi connectivity index (χ1) is 15.6. The molecule has 32 heavy (non-hydrogen) atoms. The minimum absolute atomic E-state index is 0.0628. The number of rotatable bonds is 9. The summed E-state index contributed by atoms with van der Waals surface area (Å²) in [5, 5.41) is 6.23. The van der Waals surface area contributed by atoms with E-state index in [-0.39, 0.29) is 24.5 Å². The van der Waals surface area contributed by atoms with Crippen molar-refractivity contribution in [3.05, 3.63) is 53.7 Å². The van der Waals surface area contributed by atoms with Gasteiger partial charge < -0.3 is 25.0 Å². The summed E-state index contributed by atoms with van der Waals surface area (Å²) in [6, 6.07) is 11.2. The molecule has 2 aromatic rings. The molecule has 1 aliphatic carbocycles. The van der Waals surface area contributed by atoms with Crippen LogP contribution in [0.25, 0.3) is 0 Å². The van der Waals surface area contributed by atoms with Crippen molar-refractivity contribution in [3.63, 3.8) is 0 Å². The fraction of sp³-hybridized carbons (Fsp3) is 0.458. The number of amides is 2. The first kappa shape index (κ1) is 22.1. The SMILES string of the molecule is COc1ccc([C@@H]2[C@@H](C(=O)NCCCNc3ccc(C)cn3)OCC(=O)N2C2CC2)cc1. The number of ether oxygens (including phenoxy) is 2. The van der Waals surface area contributed by atoms with Crippen LogP contribution in [0.15, 0.2) is 42.6 Å². The Morgan fingerprint density at radius 1 is 1.19 bits per heavy atom. The topological polar surface area (TPSA) is 92.8 Å². The number of hydrogen-bond donors (Lipinski definition) is 2. The first-order valence-electron chi connectivity index (χ1n) is 11.1. The molecule has 2 N–H and O–H groups in total. The number of aromatic nitrogens is 1. The zero-order valence-corrected chi connectivity index (χ0v) is 18.5. The highest BCUT2D eigenvalue weighted by molar-refractivity contribution is 5.86. The van der Waals surface area contributed by atoms with E-state index >= 15 is 0 Å². The van der Waals surface area contributed by atoms with Crippen LogP contribution in [0.1, 0.15) is 36.4 Å². The number of methoxy groups -OCH3 is 1. The van der Waals surface area contributed by atoms with Gasteiger partial charge in [-0.05, 0) is 55.5 Å². The zero-order chi connectivity index (χ0) is 22.5. The molecule has 2 fully saturated rings. The van der Waals surface area contributed by atoms with Crippen molar-refractivity contribution in [2.24, 2.45) is 0 Å². The molecule has 1 saturated carbocycles. The molecule has 4 rings (SSSR count). The number of pyridine rings is 1. The molecule has 2 amide bonds. The van der Waals surface area contributed by atoms with Crippen molar-refractivity contribution in [2.75, 3.05) is 32.1 Å². The summed E-state index contributed by atoms with van der Waals surface area (Å²) in [5.74, 6) is 1.28. The van der Waals surface area contributed by atoms with Crippen molar-refractivity contribution in [3.8, 4) is 5.75 Å². The smallest absolute Gasteiger partial charge is 0.251 e. The Balaban J connectivity index is 1.37. The van der Waals surface area contributed by atoms with E-state index in [0.717, 1.165) is 42.0 Å². The Morgan fingerprint density at radius 3 is 2.62 bits per heavy atom. The average Bonchev–Trinajstić information content (AvgIpc) is 3.65. The summed E-state index contributed by atoms with van der Waals surface area (Å²) in [5.41, 5.74) is 1.98. The number of benzene rings is 1. The van der Waals surface area contributed by atoms with Gasteiger partial charge in [0.2, 0.25) is 5.91 Å². The monoisotopic (exact) mass is 438 g/mol. The maximum absolute atomic E-state index is 13.0. The molecule has 0 bridgehead atoms. The number of carbonyl (C=O) groups is 2. The fourth-order valence-corrected chi connectivity index (χ4v) is 3.96. The van der Waals surface area contributed by atoms with E-state index in [1.807, 2.05) is 54.4 Å². The van der Waals surface area contributed by atoms with Gasteiger partial charge >= 0.3 is 0 Å². The number of nitrogens with zero attached hydrogens (tertiary/aromatic N) is 2. The largest absolute Gasteiger partial charge is 0.497 e. The normalized spacial score (nSPS) is 20.7. The van der Waals surface area contributed by atoms with Gasteiger partial charge in [0.15, 0.2) is 6.10 Å². The Kier molecular flexibility index (Phi) is 6.90. The summed E-state index contributed by atoms with van der Waals surface area (Å²) in [6.07, 6.45) is 3.74. The average molecular weight is 439 g/mol. The fourth-order valence-electron chi connectivity index (χ4n) is 3.96. The molecule has 170 valence electrons. The van der Waals surface area contributed by atoms with Crippen LogP contribution < -0.4 is 15.4 Å². The number of morpholine rings is 1. The summed E-state index contributed by atoms with van der Waals surface area (Å²) < 4.78 is 11.0. The summed E-state index contributed by atoms with van der Waals surface area (Å²) in [4.78, 5) is 31.8. The van der Waals surface area contributed by atoms with Crippen LogP contribution in [0, 0.1) is 6.92 Å². The summed E-state index contributed by atoms with van der Waals surface area (Å²) >= 11 is 0. The van der Waals surface area contributed by atoms with Crippen LogP contribution in [-0.2, 0) is 14.3 Å². The number of hydrogen-bond acceptors (Lipinski definition) is 6. The van der Waals surface area contributed by atoms with Crippen molar-refractivity contribution in [2.45, 2.75) is 44.4 Å². The maximum Gasteiger partial charge on any atom is 0.251 e. The molecule has 1 aliphatic heterocycles. The van der Waals surface area contributed by atoms with E-state index in [2.05, 4.69) is 15.6 Å². The van der Waals surface area contributed by atoms with Gasteiger partial charge in [0, 0.05) is 25.3 Å². The van der Waals surface area contributed by atoms with Gasteiger partial charge in [-0.1, -0.05) is 18.2 Å². The van der Waals surface area contributed by atoms with Crippen molar-refractivity contribution < 1.29 is 19.1 Å². The molecule has 1 aromatic heterocycles. The molecule has 2 atom stereocenters. The van der Waals surface area contributed by atoms with Crippen LogP contribution in [0.4, 0.5) is 5.82 Å². The van der Waals surface area contributed by atoms with Crippen LogP contribution in [0.5, 0.6) is 5.75 Å². The van der Waals surface area contributed by atoms with Gasteiger partial charge in [-0.2, -0.15) is 0 Å². The lowest BCUT2D eigenvalue weighted by Gasteiger charge is -2.40. The number of aryl methyl sites for hydroxylation is 1. The van der Waals surface area contributed by atoms with Gasteiger partial charge in [-0.25, -0.2) is 4.98 Å². The minimum atomic E-state index is -0.742. The van der Waals surface area contributed by atoms with Gasteiger partial charge in [-0.15, -0.1) is 0 Å². The third kappa shape index (κ3) is 5.19. The van der Waals surface area contributed by atoms with Crippen LogP contribution in [-0.4, -0.2) is 60.7 Å². The number of carbonyl (C=O) groups excluding carboxylic acids is 2. The van der Waals surface area contributed by atoms with Crippen LogP contribution in [0.3, 0.4) is 0 Å². The summed E-state index contributed by atoms with van der Waals surface area (Å²) in [6.45, 7) is 3.12. The van der Waals surface area contributed by atoms with Gasteiger partial charge in [0.05, 0.1) is 13.2 Å². The Hall–Kier alpha value is -3.13. The van der Waals surface area contributed by atoms with Gasteiger partial charge in [-0.3, -0.25) is 9.59 Å². The highest BCUT2D eigenvalue weighted by atomic mass is 16.5. The Morgan fingerprint density at radius 2 is 1.97 bits per heavy atom. The Labute approximate surface area is 188 Å². The Bertz CT molecular complexity index is 928. The molecular weight excluding hydrogens is 408 g/mol. The molecule has 0 spiro atoms. The molecule has 0 unspecified atom stereocenters. The predicted molar refractivity (Wildman–Crippen MR) is 120 cm³/mol. The van der Waals surface area contributed by atoms with E-state index < -0.39 is 12.1 Å². The standard InChI is InChI=1S/C24H30N4O4/c1-16-4-11-20(27-14-16)25-12-3-13-26-24(30)23-22(17-5-9-19(31-2)10-6-17)28(18-7-8-18)21(29)15-32-23/h4-6,9-11,14,18,22-23H,3,7-8,12-13,15H2,1-2H3,(H,25,27)(H,26,30)/t22-,23+/m1/s1. The van der Waals surface area contributed by atoms with E-state index in [4.69, 9.17) is 9.47 Å².